The fraction of sp³-hybridized carbons (Fsp3) is 0.111. The molecule has 0 spiro atoms. The highest BCUT2D eigenvalue weighted by molar-refractivity contribution is 5.87. The number of hydrogen-bond donors (Lipinski definition) is 3. The molecule has 2 heterocycles. The van der Waals surface area contributed by atoms with Gasteiger partial charge in [0.15, 0.2) is 0 Å². The van der Waals surface area contributed by atoms with Gasteiger partial charge in [-0.3, -0.25) is 0 Å². The minimum atomic E-state index is -0.270. The number of aromatic nitrogens is 3. The third kappa shape index (κ3) is 1.14. The van der Waals surface area contributed by atoms with Gasteiger partial charge in [-0.25, -0.2) is 9.97 Å². The summed E-state index contributed by atoms with van der Waals surface area (Å²) in [6.45, 7) is 3.63. The Morgan fingerprint density at radius 2 is 2.29 bits per heavy atom. The molecule has 0 bridgehead atoms. The van der Waals surface area contributed by atoms with Crippen molar-refractivity contribution in [2.45, 2.75) is 6.04 Å². The minimum absolute atomic E-state index is 0.270. The fourth-order valence-corrected chi connectivity index (χ4v) is 1.34. The van der Waals surface area contributed by atoms with Crippen molar-refractivity contribution in [1.82, 2.24) is 15.0 Å². The SMILES string of the molecule is C=CC(N)c1cnc(N)c2[nH]cnc12. The Morgan fingerprint density at radius 3 is 3.00 bits per heavy atom. The van der Waals surface area contributed by atoms with Crippen LogP contribution >= 0.6 is 0 Å². The standard InChI is InChI=1S/C9H11N5/c1-2-6(10)5-3-12-9(11)8-7(5)13-4-14-8/h2-4,6H,1,10H2,(H2,11,12)(H,13,14). The van der Waals surface area contributed by atoms with Gasteiger partial charge in [0.1, 0.15) is 11.3 Å². The molecule has 0 fully saturated rings. The summed E-state index contributed by atoms with van der Waals surface area (Å²) in [5, 5.41) is 0. The van der Waals surface area contributed by atoms with E-state index in [0.717, 1.165) is 16.6 Å². The number of anilines is 1. The first-order chi connectivity index (χ1) is 6.74. The predicted molar refractivity (Wildman–Crippen MR) is 55.4 cm³/mol. The second kappa shape index (κ2) is 3.12. The summed E-state index contributed by atoms with van der Waals surface area (Å²) >= 11 is 0. The molecule has 0 saturated carbocycles. The van der Waals surface area contributed by atoms with E-state index in [9.17, 15) is 0 Å². The number of fused-ring (bicyclic) bond motifs is 1. The summed E-state index contributed by atoms with van der Waals surface area (Å²) in [5.41, 5.74) is 13.8. The lowest BCUT2D eigenvalue weighted by Crippen LogP contribution is -2.08. The van der Waals surface area contributed by atoms with E-state index < -0.39 is 0 Å². The molecule has 0 aliphatic carbocycles. The molecule has 1 unspecified atom stereocenters. The van der Waals surface area contributed by atoms with Crippen LogP contribution in [0.1, 0.15) is 11.6 Å². The first-order valence-corrected chi connectivity index (χ1v) is 4.19. The van der Waals surface area contributed by atoms with E-state index >= 15 is 0 Å². The third-order valence-electron chi connectivity index (χ3n) is 2.12. The Balaban J connectivity index is 2.72. The number of rotatable bonds is 2. The Bertz CT molecular complexity index is 473. The van der Waals surface area contributed by atoms with Gasteiger partial charge in [0, 0.05) is 11.8 Å². The van der Waals surface area contributed by atoms with Crippen LogP contribution in [-0.2, 0) is 0 Å². The highest BCUT2D eigenvalue weighted by Gasteiger charge is 2.11. The molecular formula is C9H11N5. The van der Waals surface area contributed by atoms with Crippen molar-refractivity contribution in [3.8, 4) is 0 Å². The molecule has 2 rings (SSSR count). The van der Waals surface area contributed by atoms with Crippen LogP contribution in [0.15, 0.2) is 25.2 Å². The van der Waals surface area contributed by atoms with Gasteiger partial charge < -0.3 is 16.5 Å². The van der Waals surface area contributed by atoms with Crippen molar-refractivity contribution in [2.75, 3.05) is 5.73 Å². The van der Waals surface area contributed by atoms with Crippen LogP contribution in [-0.4, -0.2) is 15.0 Å². The van der Waals surface area contributed by atoms with Crippen molar-refractivity contribution in [1.29, 1.82) is 0 Å². The predicted octanol–water partition coefficient (Wildman–Crippen LogP) is 0.726. The molecule has 2 aromatic rings. The molecule has 14 heavy (non-hydrogen) atoms. The quantitative estimate of drug-likeness (QED) is 0.607. The van der Waals surface area contributed by atoms with Gasteiger partial charge in [-0.05, 0) is 0 Å². The second-order valence-electron chi connectivity index (χ2n) is 2.99. The fourth-order valence-electron chi connectivity index (χ4n) is 1.34. The summed E-state index contributed by atoms with van der Waals surface area (Å²) in [4.78, 5) is 11.1. The van der Waals surface area contributed by atoms with Crippen LogP contribution in [0.25, 0.3) is 11.0 Å². The average molecular weight is 189 g/mol. The molecule has 0 radical (unpaired) electrons. The molecule has 0 aromatic carbocycles. The molecule has 5 nitrogen and oxygen atoms in total. The molecule has 1 atom stereocenters. The van der Waals surface area contributed by atoms with E-state index in [1.807, 2.05) is 0 Å². The normalized spacial score (nSPS) is 12.9. The van der Waals surface area contributed by atoms with E-state index in [2.05, 4.69) is 21.5 Å². The summed E-state index contributed by atoms with van der Waals surface area (Å²) in [6.07, 6.45) is 4.84. The Labute approximate surface area is 80.8 Å². The Hall–Kier alpha value is -1.88. The van der Waals surface area contributed by atoms with Crippen molar-refractivity contribution in [3.05, 3.63) is 30.7 Å². The first kappa shape index (κ1) is 8.71. The van der Waals surface area contributed by atoms with Gasteiger partial charge in [-0.2, -0.15) is 0 Å². The zero-order valence-electron chi connectivity index (χ0n) is 7.57. The zero-order valence-corrected chi connectivity index (χ0v) is 7.57. The largest absolute Gasteiger partial charge is 0.382 e. The number of H-pyrrole nitrogens is 1. The number of nitrogens with two attached hydrogens (primary N) is 2. The maximum absolute atomic E-state index is 5.82. The number of nitrogen functional groups attached to an aromatic ring is 1. The highest BCUT2D eigenvalue weighted by atomic mass is 14.9. The maximum atomic E-state index is 5.82. The molecule has 72 valence electrons. The molecule has 0 aliphatic heterocycles. The van der Waals surface area contributed by atoms with Gasteiger partial charge in [0.25, 0.3) is 0 Å². The lowest BCUT2D eigenvalue weighted by atomic mass is 10.1. The van der Waals surface area contributed by atoms with Crippen molar-refractivity contribution >= 4 is 16.9 Å². The number of pyridine rings is 1. The molecule has 0 aliphatic rings. The molecule has 5 N–H and O–H groups in total. The molecule has 0 amide bonds. The van der Waals surface area contributed by atoms with Gasteiger partial charge in [0.2, 0.25) is 0 Å². The van der Waals surface area contributed by atoms with Crippen LogP contribution in [0.5, 0.6) is 0 Å². The first-order valence-electron chi connectivity index (χ1n) is 4.19. The lowest BCUT2D eigenvalue weighted by Gasteiger charge is -2.07. The van der Waals surface area contributed by atoms with E-state index in [4.69, 9.17) is 11.5 Å². The van der Waals surface area contributed by atoms with E-state index in [1.54, 1.807) is 18.6 Å². The number of nitrogens with zero attached hydrogens (tertiary/aromatic N) is 2. The topological polar surface area (TPSA) is 93.6 Å². The summed E-state index contributed by atoms with van der Waals surface area (Å²) in [7, 11) is 0. The average Bonchev–Trinajstić information content (AvgIpc) is 2.67. The molecule has 2 aromatic heterocycles. The second-order valence-corrected chi connectivity index (χ2v) is 2.99. The van der Waals surface area contributed by atoms with Crippen molar-refractivity contribution < 1.29 is 0 Å². The maximum Gasteiger partial charge on any atom is 0.149 e. The van der Waals surface area contributed by atoms with Gasteiger partial charge in [-0.1, -0.05) is 6.08 Å². The summed E-state index contributed by atoms with van der Waals surface area (Å²) in [6, 6.07) is -0.270. The third-order valence-corrected chi connectivity index (χ3v) is 2.12. The highest BCUT2D eigenvalue weighted by Crippen LogP contribution is 2.22. The summed E-state index contributed by atoms with van der Waals surface area (Å²) in [5.74, 6) is 0.428. The van der Waals surface area contributed by atoms with Crippen LogP contribution < -0.4 is 11.5 Å². The van der Waals surface area contributed by atoms with Gasteiger partial charge in [-0.15, -0.1) is 6.58 Å². The molecule has 5 heteroatoms. The molecular weight excluding hydrogens is 178 g/mol. The van der Waals surface area contributed by atoms with Crippen molar-refractivity contribution in [2.24, 2.45) is 5.73 Å². The monoisotopic (exact) mass is 189 g/mol. The summed E-state index contributed by atoms with van der Waals surface area (Å²) < 4.78 is 0. The van der Waals surface area contributed by atoms with E-state index in [-0.39, 0.29) is 6.04 Å². The van der Waals surface area contributed by atoms with Crippen molar-refractivity contribution in [3.63, 3.8) is 0 Å². The Kier molecular flexibility index (Phi) is 1.94. The number of imidazole rings is 1. The smallest absolute Gasteiger partial charge is 0.149 e. The van der Waals surface area contributed by atoms with Crippen LogP contribution in [0, 0.1) is 0 Å². The van der Waals surface area contributed by atoms with Gasteiger partial charge in [0.05, 0.1) is 17.9 Å². The minimum Gasteiger partial charge on any atom is -0.382 e. The van der Waals surface area contributed by atoms with Crippen LogP contribution in [0.3, 0.4) is 0 Å². The van der Waals surface area contributed by atoms with Crippen LogP contribution in [0.2, 0.25) is 0 Å². The van der Waals surface area contributed by atoms with E-state index in [0.29, 0.717) is 5.82 Å². The number of aromatic amines is 1. The molecule has 0 saturated heterocycles. The number of hydrogen-bond acceptors (Lipinski definition) is 4. The number of nitrogens with one attached hydrogen (secondary N) is 1. The van der Waals surface area contributed by atoms with E-state index in [1.165, 1.54) is 0 Å². The Morgan fingerprint density at radius 1 is 1.50 bits per heavy atom. The zero-order chi connectivity index (χ0) is 10.1. The lowest BCUT2D eigenvalue weighted by molar-refractivity contribution is 0.913. The van der Waals surface area contributed by atoms with Crippen LogP contribution in [0.4, 0.5) is 5.82 Å². The van der Waals surface area contributed by atoms with Gasteiger partial charge >= 0.3 is 0 Å².